The van der Waals surface area contributed by atoms with Gasteiger partial charge >= 0.3 is 0 Å². The zero-order valence-electron chi connectivity index (χ0n) is 30.4. The van der Waals surface area contributed by atoms with Crippen LogP contribution >= 0.6 is 11.3 Å². The molecule has 0 saturated heterocycles. The van der Waals surface area contributed by atoms with Crippen molar-refractivity contribution in [2.24, 2.45) is 0 Å². The molecule has 6 heteroatoms. The highest BCUT2D eigenvalue weighted by atomic mass is 32.1. The summed E-state index contributed by atoms with van der Waals surface area (Å²) in [5.41, 5.74) is 9.83. The Balaban J connectivity index is 1.15. The molecule has 0 radical (unpaired) electrons. The number of hydrogen-bond donors (Lipinski definition) is 0. The SMILES string of the molecule is c1ccc(-c2nc(-c3ccccc3)nc(-c3cccc4oc5cc(-n6c7ccccc7c7c8sc9ccccc9c8ccc76)cc(-c6ccccc6)c5c34)n2)cc1. The van der Waals surface area contributed by atoms with Crippen LogP contribution in [-0.4, -0.2) is 19.5 Å². The Morgan fingerprint density at radius 1 is 0.404 bits per heavy atom. The zero-order chi connectivity index (χ0) is 37.5. The first-order chi connectivity index (χ1) is 28.3. The van der Waals surface area contributed by atoms with E-state index in [1.54, 1.807) is 0 Å². The molecule has 0 fully saturated rings. The standard InChI is InChI=1S/C51H30N4OS/c1-4-15-31(16-5-1)39-29-34(55-40-24-12-10-22-37(40)45-41(55)28-27-36-35-21-11-13-26-44(35)57-48(36)45)30-43-47(39)46-38(23-14-25-42(46)56-43)51-53-49(32-17-6-2-7-18-32)52-50(54-51)33-19-8-3-9-20-33/h1-30H. The van der Waals surface area contributed by atoms with Crippen LogP contribution in [0.15, 0.2) is 186 Å². The van der Waals surface area contributed by atoms with E-state index in [1.165, 1.54) is 30.9 Å². The van der Waals surface area contributed by atoms with Crippen molar-refractivity contribution in [3.8, 4) is 51.0 Å². The van der Waals surface area contributed by atoms with Gasteiger partial charge in [0.15, 0.2) is 17.5 Å². The monoisotopic (exact) mass is 746 g/mol. The summed E-state index contributed by atoms with van der Waals surface area (Å²) in [6.45, 7) is 0. The van der Waals surface area contributed by atoms with Crippen LogP contribution in [0.2, 0.25) is 0 Å². The quantitative estimate of drug-likeness (QED) is 0.176. The number of rotatable bonds is 5. The van der Waals surface area contributed by atoms with Crippen LogP contribution in [0.25, 0.3) is 115 Å². The van der Waals surface area contributed by atoms with Crippen molar-refractivity contribution in [3.63, 3.8) is 0 Å². The third-order valence-electron chi connectivity index (χ3n) is 11.0. The Kier molecular flexibility index (Phi) is 7.03. The maximum Gasteiger partial charge on any atom is 0.164 e. The Hall–Kier alpha value is -7.41. The second-order valence-electron chi connectivity index (χ2n) is 14.3. The van der Waals surface area contributed by atoms with Gasteiger partial charge in [0.25, 0.3) is 0 Å². The van der Waals surface area contributed by atoms with E-state index in [-0.39, 0.29) is 0 Å². The van der Waals surface area contributed by atoms with E-state index in [0.29, 0.717) is 17.5 Å². The number of thiophene rings is 1. The van der Waals surface area contributed by atoms with Gasteiger partial charge in [-0.3, -0.25) is 0 Å². The predicted molar refractivity (Wildman–Crippen MR) is 236 cm³/mol. The highest BCUT2D eigenvalue weighted by Crippen LogP contribution is 2.46. The van der Waals surface area contributed by atoms with Crippen LogP contribution in [-0.2, 0) is 0 Å². The summed E-state index contributed by atoms with van der Waals surface area (Å²) in [6.07, 6.45) is 0. The molecule has 0 bridgehead atoms. The molecule has 266 valence electrons. The Labute approximate surface area is 330 Å². The molecule has 0 N–H and O–H groups in total. The van der Waals surface area contributed by atoms with Crippen molar-refractivity contribution in [2.75, 3.05) is 0 Å². The fraction of sp³-hybridized carbons (Fsp3) is 0. The van der Waals surface area contributed by atoms with Gasteiger partial charge in [0.2, 0.25) is 0 Å². The van der Waals surface area contributed by atoms with Crippen LogP contribution in [0.4, 0.5) is 0 Å². The Morgan fingerprint density at radius 3 is 1.75 bits per heavy atom. The third kappa shape index (κ3) is 4.98. The van der Waals surface area contributed by atoms with E-state index in [4.69, 9.17) is 19.4 Å². The van der Waals surface area contributed by atoms with E-state index in [0.717, 1.165) is 66.5 Å². The van der Waals surface area contributed by atoms with Crippen molar-refractivity contribution < 1.29 is 4.42 Å². The van der Waals surface area contributed by atoms with Gasteiger partial charge < -0.3 is 8.98 Å². The van der Waals surface area contributed by atoms with Gasteiger partial charge in [-0.25, -0.2) is 15.0 Å². The normalized spacial score (nSPS) is 11.9. The van der Waals surface area contributed by atoms with Crippen LogP contribution in [0.1, 0.15) is 0 Å². The lowest BCUT2D eigenvalue weighted by Gasteiger charge is -2.13. The predicted octanol–water partition coefficient (Wildman–Crippen LogP) is 13.9. The van der Waals surface area contributed by atoms with Crippen LogP contribution in [0.3, 0.4) is 0 Å². The highest BCUT2D eigenvalue weighted by molar-refractivity contribution is 7.26. The molecule has 4 heterocycles. The summed E-state index contributed by atoms with van der Waals surface area (Å²) in [6, 6.07) is 63.6. The van der Waals surface area contributed by atoms with Gasteiger partial charge in [0.1, 0.15) is 11.2 Å². The third-order valence-corrected chi connectivity index (χ3v) is 12.3. The molecular formula is C51H30N4OS. The molecule has 0 unspecified atom stereocenters. The lowest BCUT2D eigenvalue weighted by Crippen LogP contribution is -2.00. The maximum absolute atomic E-state index is 6.90. The summed E-state index contributed by atoms with van der Waals surface area (Å²) in [7, 11) is 0. The lowest BCUT2D eigenvalue weighted by molar-refractivity contribution is 0.669. The van der Waals surface area contributed by atoms with Gasteiger partial charge in [0.05, 0.1) is 16.7 Å². The van der Waals surface area contributed by atoms with Crippen LogP contribution in [0.5, 0.6) is 0 Å². The average Bonchev–Trinajstić information content (AvgIpc) is 3.96. The average molecular weight is 747 g/mol. The Morgan fingerprint density at radius 2 is 1.02 bits per heavy atom. The fourth-order valence-corrected chi connectivity index (χ4v) is 9.79. The van der Waals surface area contributed by atoms with Gasteiger partial charge in [-0.05, 0) is 41.5 Å². The minimum Gasteiger partial charge on any atom is -0.456 e. The van der Waals surface area contributed by atoms with Crippen molar-refractivity contribution in [1.82, 2.24) is 19.5 Å². The highest BCUT2D eigenvalue weighted by Gasteiger charge is 2.23. The van der Waals surface area contributed by atoms with Gasteiger partial charge in [0, 0.05) is 64.5 Å². The molecule has 0 spiro atoms. The molecule has 0 saturated carbocycles. The summed E-state index contributed by atoms with van der Waals surface area (Å²) in [5, 5.41) is 7.09. The summed E-state index contributed by atoms with van der Waals surface area (Å²) >= 11 is 1.87. The van der Waals surface area contributed by atoms with Crippen LogP contribution in [0, 0.1) is 0 Å². The molecule has 0 atom stereocenters. The first kappa shape index (κ1) is 31.9. The van der Waals surface area contributed by atoms with E-state index in [9.17, 15) is 0 Å². The molecule has 57 heavy (non-hydrogen) atoms. The number of furan rings is 1. The molecule has 12 aromatic rings. The number of nitrogens with zero attached hydrogens (tertiary/aromatic N) is 4. The fourth-order valence-electron chi connectivity index (χ4n) is 8.53. The molecule has 0 aliphatic rings. The van der Waals surface area contributed by atoms with Crippen molar-refractivity contribution in [2.45, 2.75) is 0 Å². The Bertz CT molecular complexity index is 3460. The summed E-state index contributed by atoms with van der Waals surface area (Å²) in [4.78, 5) is 15.2. The summed E-state index contributed by atoms with van der Waals surface area (Å²) in [5.74, 6) is 1.83. The number of para-hydroxylation sites is 1. The molecule has 4 aromatic heterocycles. The second kappa shape index (κ2) is 12.6. The molecule has 0 aliphatic carbocycles. The zero-order valence-corrected chi connectivity index (χ0v) is 31.2. The first-order valence-corrected chi connectivity index (χ1v) is 19.8. The number of aromatic nitrogens is 4. The molecule has 5 nitrogen and oxygen atoms in total. The van der Waals surface area contributed by atoms with Gasteiger partial charge in [-0.2, -0.15) is 0 Å². The van der Waals surface area contributed by atoms with Crippen LogP contribution < -0.4 is 0 Å². The lowest BCUT2D eigenvalue weighted by atomic mass is 9.96. The van der Waals surface area contributed by atoms with E-state index in [2.05, 4.69) is 114 Å². The molecule has 12 rings (SSSR count). The van der Waals surface area contributed by atoms with E-state index >= 15 is 0 Å². The van der Waals surface area contributed by atoms with Crippen molar-refractivity contribution in [1.29, 1.82) is 0 Å². The number of hydrogen-bond acceptors (Lipinski definition) is 5. The summed E-state index contributed by atoms with van der Waals surface area (Å²) < 4.78 is 11.9. The van der Waals surface area contributed by atoms with E-state index in [1.807, 2.05) is 84.1 Å². The van der Waals surface area contributed by atoms with E-state index < -0.39 is 0 Å². The maximum atomic E-state index is 6.90. The smallest absolute Gasteiger partial charge is 0.164 e. The van der Waals surface area contributed by atoms with Gasteiger partial charge in [-0.1, -0.05) is 146 Å². The first-order valence-electron chi connectivity index (χ1n) is 19.0. The van der Waals surface area contributed by atoms with Crippen molar-refractivity contribution in [3.05, 3.63) is 182 Å². The minimum atomic E-state index is 0.592. The number of fused-ring (bicyclic) bond motifs is 10. The molecular weight excluding hydrogens is 717 g/mol. The second-order valence-corrected chi connectivity index (χ2v) is 15.4. The minimum absolute atomic E-state index is 0.592. The molecule has 8 aromatic carbocycles. The van der Waals surface area contributed by atoms with Crippen molar-refractivity contribution >= 4 is 75.3 Å². The molecule has 0 aliphatic heterocycles. The largest absolute Gasteiger partial charge is 0.456 e. The molecule has 0 amide bonds. The van der Waals surface area contributed by atoms with Gasteiger partial charge in [-0.15, -0.1) is 11.3 Å². The topological polar surface area (TPSA) is 56.7 Å². The number of benzene rings is 8.